The second-order valence-electron chi connectivity index (χ2n) is 6.90. The molecule has 23 heavy (non-hydrogen) atoms. The minimum Gasteiger partial charge on any atom is -0.342 e. The zero-order chi connectivity index (χ0) is 17.2. The normalized spacial score (nSPS) is 16.3. The van der Waals surface area contributed by atoms with Gasteiger partial charge in [0.15, 0.2) is 0 Å². The third-order valence-corrected chi connectivity index (χ3v) is 4.64. The van der Waals surface area contributed by atoms with Gasteiger partial charge in [0.2, 0.25) is 11.8 Å². The number of nitrogens with zero attached hydrogens (tertiary/aromatic N) is 1. The van der Waals surface area contributed by atoms with Crippen molar-refractivity contribution in [3.63, 3.8) is 0 Å². The molecule has 1 aliphatic heterocycles. The molecule has 0 saturated carbocycles. The van der Waals surface area contributed by atoms with E-state index in [4.69, 9.17) is 23.2 Å². The van der Waals surface area contributed by atoms with Crippen LogP contribution in [0.1, 0.15) is 33.6 Å². The first-order valence-electron chi connectivity index (χ1n) is 7.74. The smallest absolute Gasteiger partial charge is 0.227 e. The fourth-order valence-electron chi connectivity index (χ4n) is 2.66. The molecule has 1 heterocycles. The van der Waals surface area contributed by atoms with Gasteiger partial charge in [-0.1, -0.05) is 50.0 Å². The maximum absolute atomic E-state index is 12.4. The van der Waals surface area contributed by atoms with Crippen LogP contribution in [0.3, 0.4) is 0 Å². The van der Waals surface area contributed by atoms with Gasteiger partial charge in [0.05, 0.1) is 15.7 Å². The number of piperidine rings is 1. The highest BCUT2D eigenvalue weighted by Gasteiger charge is 2.32. The lowest BCUT2D eigenvalue weighted by Gasteiger charge is -2.35. The Morgan fingerprint density at radius 3 is 2.13 bits per heavy atom. The van der Waals surface area contributed by atoms with Gasteiger partial charge in [-0.2, -0.15) is 0 Å². The Morgan fingerprint density at radius 2 is 1.65 bits per heavy atom. The van der Waals surface area contributed by atoms with E-state index in [1.165, 1.54) is 0 Å². The number of hydrogen-bond acceptors (Lipinski definition) is 2. The first-order chi connectivity index (χ1) is 10.7. The number of benzene rings is 1. The van der Waals surface area contributed by atoms with E-state index in [2.05, 4.69) is 5.32 Å². The third kappa shape index (κ3) is 4.39. The Morgan fingerprint density at radius 1 is 1.13 bits per heavy atom. The van der Waals surface area contributed by atoms with Gasteiger partial charge in [0, 0.05) is 24.4 Å². The summed E-state index contributed by atoms with van der Waals surface area (Å²) in [4.78, 5) is 26.5. The second kappa shape index (κ2) is 7.10. The summed E-state index contributed by atoms with van der Waals surface area (Å²) in [5.74, 6) is -0.0975. The van der Waals surface area contributed by atoms with E-state index in [1.54, 1.807) is 18.2 Å². The summed E-state index contributed by atoms with van der Waals surface area (Å²) in [5, 5.41) is 3.66. The lowest BCUT2D eigenvalue weighted by Crippen LogP contribution is -2.45. The molecule has 1 aromatic carbocycles. The summed E-state index contributed by atoms with van der Waals surface area (Å²) >= 11 is 12.2. The molecule has 0 spiro atoms. The molecule has 0 atom stereocenters. The Balaban J connectivity index is 1.95. The van der Waals surface area contributed by atoms with Crippen molar-refractivity contribution in [3.8, 4) is 0 Å². The van der Waals surface area contributed by atoms with Crippen molar-refractivity contribution in [1.82, 2.24) is 4.90 Å². The van der Waals surface area contributed by atoms with Crippen LogP contribution in [0.25, 0.3) is 0 Å². The van der Waals surface area contributed by atoms with E-state index in [0.717, 1.165) is 0 Å². The van der Waals surface area contributed by atoms with Crippen molar-refractivity contribution in [1.29, 1.82) is 0 Å². The minimum absolute atomic E-state index is 0.0946. The number of likely N-dealkylation sites (tertiary alicyclic amines) is 1. The number of para-hydroxylation sites is 1. The molecule has 1 aliphatic rings. The van der Waals surface area contributed by atoms with Crippen LogP contribution in [0.15, 0.2) is 18.2 Å². The molecule has 6 heteroatoms. The van der Waals surface area contributed by atoms with Gasteiger partial charge in [0.1, 0.15) is 0 Å². The molecule has 0 aliphatic carbocycles. The van der Waals surface area contributed by atoms with Gasteiger partial charge in [-0.25, -0.2) is 0 Å². The molecule has 2 amide bonds. The standard InChI is InChI=1S/C17H22Cl2N2O2/c1-17(2,3)16(23)21-9-7-11(8-10-21)15(22)20-14-12(18)5-4-6-13(14)19/h4-6,11H,7-10H2,1-3H3,(H,20,22). The molecule has 2 rings (SSSR count). The van der Waals surface area contributed by atoms with Crippen molar-refractivity contribution in [2.45, 2.75) is 33.6 Å². The maximum Gasteiger partial charge on any atom is 0.227 e. The molecule has 0 bridgehead atoms. The number of hydrogen-bond donors (Lipinski definition) is 1. The first-order valence-corrected chi connectivity index (χ1v) is 8.50. The van der Waals surface area contributed by atoms with E-state index < -0.39 is 0 Å². The minimum atomic E-state index is -0.389. The van der Waals surface area contributed by atoms with Crippen molar-refractivity contribution >= 4 is 40.7 Å². The van der Waals surface area contributed by atoms with Crippen LogP contribution < -0.4 is 5.32 Å². The molecule has 4 nitrogen and oxygen atoms in total. The SMILES string of the molecule is CC(C)(C)C(=O)N1CCC(C(=O)Nc2c(Cl)cccc2Cl)CC1. The van der Waals surface area contributed by atoms with Gasteiger partial charge in [-0.3, -0.25) is 9.59 Å². The Hall–Kier alpha value is -1.26. The Bertz CT molecular complexity index is 583. The predicted molar refractivity (Wildman–Crippen MR) is 93.9 cm³/mol. The van der Waals surface area contributed by atoms with Crippen LogP contribution >= 0.6 is 23.2 Å². The van der Waals surface area contributed by atoms with Crippen LogP contribution in [0, 0.1) is 11.3 Å². The first kappa shape index (κ1) is 18.1. The quantitative estimate of drug-likeness (QED) is 0.862. The molecule has 1 N–H and O–H groups in total. The molecule has 0 radical (unpaired) electrons. The van der Waals surface area contributed by atoms with Crippen molar-refractivity contribution in [2.24, 2.45) is 11.3 Å². The maximum atomic E-state index is 12.4. The number of nitrogens with one attached hydrogen (secondary N) is 1. The van der Waals surface area contributed by atoms with Gasteiger partial charge in [-0.05, 0) is 25.0 Å². The van der Waals surface area contributed by atoms with Gasteiger partial charge < -0.3 is 10.2 Å². The number of rotatable bonds is 2. The topological polar surface area (TPSA) is 49.4 Å². The fourth-order valence-corrected chi connectivity index (χ4v) is 3.15. The van der Waals surface area contributed by atoms with Crippen LogP contribution in [0.2, 0.25) is 10.0 Å². The number of anilines is 1. The van der Waals surface area contributed by atoms with Crippen LogP contribution in [-0.4, -0.2) is 29.8 Å². The monoisotopic (exact) mass is 356 g/mol. The van der Waals surface area contributed by atoms with E-state index >= 15 is 0 Å². The number of amides is 2. The number of carbonyl (C=O) groups is 2. The average Bonchev–Trinajstić information content (AvgIpc) is 2.49. The Labute approximate surface area is 147 Å². The third-order valence-electron chi connectivity index (χ3n) is 4.01. The Kier molecular flexibility index (Phi) is 5.58. The summed E-state index contributed by atoms with van der Waals surface area (Å²) in [6.07, 6.45) is 1.30. The van der Waals surface area contributed by atoms with E-state index in [1.807, 2.05) is 25.7 Å². The summed E-state index contributed by atoms with van der Waals surface area (Å²) in [6.45, 7) is 6.93. The zero-order valence-electron chi connectivity index (χ0n) is 13.7. The fraction of sp³-hybridized carbons (Fsp3) is 0.529. The summed E-state index contributed by atoms with van der Waals surface area (Å²) in [5.41, 5.74) is 0.0641. The van der Waals surface area contributed by atoms with E-state index in [-0.39, 0.29) is 23.1 Å². The molecule has 0 unspecified atom stereocenters. The molecule has 0 aromatic heterocycles. The highest BCUT2D eigenvalue weighted by molar-refractivity contribution is 6.39. The van der Waals surface area contributed by atoms with Crippen LogP contribution in [-0.2, 0) is 9.59 Å². The van der Waals surface area contributed by atoms with Crippen molar-refractivity contribution in [2.75, 3.05) is 18.4 Å². The van der Waals surface area contributed by atoms with Gasteiger partial charge in [-0.15, -0.1) is 0 Å². The van der Waals surface area contributed by atoms with Crippen molar-refractivity contribution < 1.29 is 9.59 Å². The zero-order valence-corrected chi connectivity index (χ0v) is 15.2. The van der Waals surface area contributed by atoms with Crippen LogP contribution in [0.5, 0.6) is 0 Å². The molecule has 1 saturated heterocycles. The summed E-state index contributed by atoms with van der Waals surface area (Å²) < 4.78 is 0. The number of carbonyl (C=O) groups excluding carboxylic acids is 2. The molecule has 1 aromatic rings. The van der Waals surface area contributed by atoms with Crippen molar-refractivity contribution in [3.05, 3.63) is 28.2 Å². The average molecular weight is 357 g/mol. The highest BCUT2D eigenvalue weighted by atomic mass is 35.5. The van der Waals surface area contributed by atoms with Crippen LogP contribution in [0.4, 0.5) is 5.69 Å². The molecular formula is C17H22Cl2N2O2. The van der Waals surface area contributed by atoms with E-state index in [9.17, 15) is 9.59 Å². The molecule has 1 fully saturated rings. The van der Waals surface area contributed by atoms with E-state index in [0.29, 0.717) is 41.7 Å². The number of halogens is 2. The second-order valence-corrected chi connectivity index (χ2v) is 7.72. The highest BCUT2D eigenvalue weighted by Crippen LogP contribution is 2.31. The lowest BCUT2D eigenvalue weighted by atomic mass is 9.90. The largest absolute Gasteiger partial charge is 0.342 e. The van der Waals surface area contributed by atoms with Gasteiger partial charge in [0.25, 0.3) is 0 Å². The molecular weight excluding hydrogens is 335 g/mol. The lowest BCUT2D eigenvalue weighted by molar-refractivity contribution is -0.142. The molecule has 126 valence electrons. The van der Waals surface area contributed by atoms with Gasteiger partial charge >= 0.3 is 0 Å². The summed E-state index contributed by atoms with van der Waals surface area (Å²) in [7, 11) is 0. The summed E-state index contributed by atoms with van der Waals surface area (Å²) in [6, 6.07) is 5.11. The predicted octanol–water partition coefficient (Wildman–Crippen LogP) is 4.22.